The van der Waals surface area contributed by atoms with Crippen LogP contribution in [0.4, 0.5) is 0 Å². The van der Waals surface area contributed by atoms with Crippen molar-refractivity contribution in [1.29, 1.82) is 0 Å². The highest BCUT2D eigenvalue weighted by Crippen LogP contribution is 2.17. The molecule has 0 unspecified atom stereocenters. The molecule has 0 N–H and O–H groups in total. The summed E-state index contributed by atoms with van der Waals surface area (Å²) in [5, 5.41) is 0. The van der Waals surface area contributed by atoms with E-state index in [1.807, 2.05) is 24.3 Å². The summed E-state index contributed by atoms with van der Waals surface area (Å²) < 4.78 is 0. The van der Waals surface area contributed by atoms with Crippen LogP contribution in [0.25, 0.3) is 6.08 Å². The van der Waals surface area contributed by atoms with E-state index >= 15 is 0 Å². The van der Waals surface area contributed by atoms with Gasteiger partial charge in [0.15, 0.2) is 0 Å². The Kier molecular flexibility index (Phi) is 3.18. The minimum absolute atomic E-state index is 1.03. The summed E-state index contributed by atoms with van der Waals surface area (Å²) in [5.74, 6) is 0. The molecule has 0 atom stereocenters. The standard InChI is InChI=1S/C11H12S/c1-3-4-6-10-7-5-8-11(12)9(10)2/h3-8,12H,1H2,2H3/b6-4-. The lowest BCUT2D eigenvalue weighted by molar-refractivity contribution is 1.29. The van der Waals surface area contributed by atoms with Crippen molar-refractivity contribution in [3.05, 3.63) is 48.1 Å². The number of rotatable bonds is 2. The third-order valence-corrected chi connectivity index (χ3v) is 2.24. The molecule has 0 fully saturated rings. The van der Waals surface area contributed by atoms with E-state index in [4.69, 9.17) is 0 Å². The van der Waals surface area contributed by atoms with Crippen LogP contribution >= 0.6 is 12.6 Å². The summed E-state index contributed by atoms with van der Waals surface area (Å²) in [5.41, 5.74) is 2.40. The van der Waals surface area contributed by atoms with Crippen LogP contribution in [0.15, 0.2) is 41.8 Å². The average molecular weight is 176 g/mol. The number of hydrogen-bond acceptors (Lipinski definition) is 1. The Hall–Kier alpha value is -0.950. The number of thiol groups is 1. The predicted molar refractivity (Wildman–Crippen MR) is 57.7 cm³/mol. The van der Waals surface area contributed by atoms with Gasteiger partial charge in [-0.3, -0.25) is 0 Å². The molecule has 0 saturated heterocycles. The molecular formula is C11H12S. The molecule has 1 rings (SSSR count). The van der Waals surface area contributed by atoms with Gasteiger partial charge in [0.2, 0.25) is 0 Å². The molecule has 0 aliphatic carbocycles. The first-order valence-corrected chi connectivity index (χ1v) is 4.28. The van der Waals surface area contributed by atoms with Crippen LogP contribution in [-0.4, -0.2) is 0 Å². The van der Waals surface area contributed by atoms with Gasteiger partial charge in [-0.2, -0.15) is 0 Å². The molecule has 1 aromatic rings. The van der Waals surface area contributed by atoms with Gasteiger partial charge in [-0.25, -0.2) is 0 Å². The normalized spacial score (nSPS) is 10.5. The van der Waals surface area contributed by atoms with Crippen molar-refractivity contribution in [1.82, 2.24) is 0 Å². The monoisotopic (exact) mass is 176 g/mol. The Morgan fingerprint density at radius 3 is 2.83 bits per heavy atom. The molecule has 62 valence electrons. The highest BCUT2D eigenvalue weighted by Gasteiger charge is 1.95. The number of hydrogen-bond donors (Lipinski definition) is 1. The zero-order valence-corrected chi connectivity index (χ0v) is 8.01. The van der Waals surface area contributed by atoms with Gasteiger partial charge < -0.3 is 0 Å². The maximum Gasteiger partial charge on any atom is 0.00751 e. The number of benzene rings is 1. The highest BCUT2D eigenvalue weighted by atomic mass is 32.1. The van der Waals surface area contributed by atoms with E-state index in [1.54, 1.807) is 6.08 Å². The molecule has 0 nitrogen and oxygen atoms in total. The molecule has 0 aliphatic rings. The van der Waals surface area contributed by atoms with Gasteiger partial charge >= 0.3 is 0 Å². The summed E-state index contributed by atoms with van der Waals surface area (Å²) >= 11 is 4.33. The first-order valence-electron chi connectivity index (χ1n) is 3.83. The van der Waals surface area contributed by atoms with Crippen LogP contribution in [0.1, 0.15) is 11.1 Å². The first-order chi connectivity index (χ1) is 5.75. The van der Waals surface area contributed by atoms with E-state index in [1.165, 1.54) is 11.1 Å². The quantitative estimate of drug-likeness (QED) is 0.517. The maximum absolute atomic E-state index is 4.33. The van der Waals surface area contributed by atoms with Crippen molar-refractivity contribution < 1.29 is 0 Å². The molecule has 0 radical (unpaired) electrons. The molecule has 0 aliphatic heterocycles. The molecule has 0 heterocycles. The fourth-order valence-electron chi connectivity index (χ4n) is 0.993. The van der Waals surface area contributed by atoms with Crippen LogP contribution < -0.4 is 0 Å². The van der Waals surface area contributed by atoms with Gasteiger partial charge in [-0.05, 0) is 24.1 Å². The Bertz CT molecular complexity index is 311. The first kappa shape index (κ1) is 9.14. The molecule has 0 aromatic heterocycles. The fourth-order valence-corrected chi connectivity index (χ4v) is 1.21. The Morgan fingerprint density at radius 2 is 2.17 bits per heavy atom. The molecule has 0 bridgehead atoms. The van der Waals surface area contributed by atoms with Gasteiger partial charge in [0.1, 0.15) is 0 Å². The van der Waals surface area contributed by atoms with Crippen LogP contribution in [0.3, 0.4) is 0 Å². The van der Waals surface area contributed by atoms with Crippen LogP contribution in [0, 0.1) is 6.92 Å². The third-order valence-electron chi connectivity index (χ3n) is 1.76. The molecule has 1 heteroatoms. The van der Waals surface area contributed by atoms with Crippen molar-refractivity contribution in [2.24, 2.45) is 0 Å². The molecule has 1 aromatic carbocycles. The largest absolute Gasteiger partial charge is 0.143 e. The summed E-state index contributed by atoms with van der Waals surface area (Å²) in [4.78, 5) is 1.03. The summed E-state index contributed by atoms with van der Waals surface area (Å²) in [6, 6.07) is 6.05. The van der Waals surface area contributed by atoms with Crippen molar-refractivity contribution in [3.63, 3.8) is 0 Å². The number of allylic oxidation sites excluding steroid dienone is 2. The zero-order chi connectivity index (χ0) is 8.97. The minimum atomic E-state index is 1.03. The SMILES string of the molecule is C=C/C=C\c1cccc(S)c1C. The van der Waals surface area contributed by atoms with Crippen LogP contribution in [0.2, 0.25) is 0 Å². The lowest BCUT2D eigenvalue weighted by Gasteiger charge is -2.01. The van der Waals surface area contributed by atoms with Gasteiger partial charge in [-0.1, -0.05) is 36.9 Å². The van der Waals surface area contributed by atoms with Crippen molar-refractivity contribution in [2.75, 3.05) is 0 Å². The van der Waals surface area contributed by atoms with Crippen molar-refractivity contribution >= 4 is 18.7 Å². The van der Waals surface area contributed by atoms with Gasteiger partial charge in [0.05, 0.1) is 0 Å². The third kappa shape index (κ3) is 2.02. The maximum atomic E-state index is 4.33. The Morgan fingerprint density at radius 1 is 1.42 bits per heavy atom. The second kappa shape index (κ2) is 4.17. The fraction of sp³-hybridized carbons (Fsp3) is 0.0909. The molecular weight excluding hydrogens is 164 g/mol. The smallest absolute Gasteiger partial charge is 0.00751 e. The topological polar surface area (TPSA) is 0 Å². The van der Waals surface area contributed by atoms with Crippen molar-refractivity contribution in [2.45, 2.75) is 11.8 Å². The van der Waals surface area contributed by atoms with E-state index in [2.05, 4.69) is 32.2 Å². The van der Waals surface area contributed by atoms with Gasteiger partial charge in [0, 0.05) is 4.90 Å². The predicted octanol–water partition coefficient (Wildman–Crippen LogP) is 3.48. The second-order valence-electron chi connectivity index (χ2n) is 2.59. The van der Waals surface area contributed by atoms with Gasteiger partial charge in [-0.15, -0.1) is 12.6 Å². The van der Waals surface area contributed by atoms with Gasteiger partial charge in [0.25, 0.3) is 0 Å². The Labute approximate surface area is 79.0 Å². The molecule has 0 saturated carbocycles. The zero-order valence-electron chi connectivity index (χ0n) is 7.12. The van der Waals surface area contributed by atoms with Crippen LogP contribution in [-0.2, 0) is 0 Å². The van der Waals surface area contributed by atoms with E-state index in [-0.39, 0.29) is 0 Å². The highest BCUT2D eigenvalue weighted by molar-refractivity contribution is 7.80. The summed E-state index contributed by atoms with van der Waals surface area (Å²) in [6.45, 7) is 5.68. The van der Waals surface area contributed by atoms with E-state index in [9.17, 15) is 0 Å². The summed E-state index contributed by atoms with van der Waals surface area (Å²) in [7, 11) is 0. The van der Waals surface area contributed by atoms with Crippen molar-refractivity contribution in [3.8, 4) is 0 Å². The lowest BCUT2D eigenvalue weighted by Crippen LogP contribution is -1.81. The van der Waals surface area contributed by atoms with E-state index in [0.717, 1.165) is 4.90 Å². The Balaban J connectivity index is 3.07. The second-order valence-corrected chi connectivity index (χ2v) is 3.07. The average Bonchev–Trinajstić information content (AvgIpc) is 2.08. The van der Waals surface area contributed by atoms with E-state index in [0.29, 0.717) is 0 Å². The molecule has 12 heavy (non-hydrogen) atoms. The summed E-state index contributed by atoms with van der Waals surface area (Å²) in [6.07, 6.45) is 5.72. The van der Waals surface area contributed by atoms with Crippen LogP contribution in [0.5, 0.6) is 0 Å². The molecule has 0 spiro atoms. The molecule has 0 amide bonds. The lowest BCUT2D eigenvalue weighted by atomic mass is 10.1. The van der Waals surface area contributed by atoms with E-state index < -0.39 is 0 Å². The minimum Gasteiger partial charge on any atom is -0.143 e.